The molecule has 0 unspecified atom stereocenters. The van der Waals surface area contributed by atoms with E-state index in [1.165, 1.54) is 10.4 Å². The molecule has 0 spiro atoms. The molecule has 2 aromatic carbocycles. The van der Waals surface area contributed by atoms with Gasteiger partial charge in [0.25, 0.3) is 5.91 Å². The lowest BCUT2D eigenvalue weighted by Gasteiger charge is -2.17. The number of aryl methyl sites for hydroxylation is 2. The number of amides is 1. The first-order valence-electron chi connectivity index (χ1n) is 9.60. The molecule has 1 fully saturated rings. The van der Waals surface area contributed by atoms with E-state index in [0.717, 1.165) is 42.5 Å². The van der Waals surface area contributed by atoms with Gasteiger partial charge in [0.1, 0.15) is 0 Å². The summed E-state index contributed by atoms with van der Waals surface area (Å²) in [4.78, 5) is 13.2. The second-order valence-corrected chi connectivity index (χ2v) is 9.66. The van der Waals surface area contributed by atoms with E-state index in [1.54, 1.807) is 12.1 Å². The largest absolute Gasteiger partial charge is 0.321 e. The first-order chi connectivity index (χ1) is 13.4. The monoisotopic (exact) mass is 464 g/mol. The highest BCUT2D eigenvalue weighted by Crippen LogP contribution is 2.28. The molecule has 0 atom stereocenters. The highest BCUT2D eigenvalue weighted by atomic mass is 79.9. The Labute approximate surface area is 175 Å². The number of carbonyl (C=O) groups is 1. The topological polar surface area (TPSA) is 66.5 Å². The van der Waals surface area contributed by atoms with Crippen molar-refractivity contribution < 1.29 is 13.2 Å². The lowest BCUT2D eigenvalue weighted by molar-refractivity contribution is 0.102. The van der Waals surface area contributed by atoms with Crippen LogP contribution in [0.4, 0.5) is 5.69 Å². The second-order valence-electron chi connectivity index (χ2n) is 6.87. The Balaban J connectivity index is 1.95. The van der Waals surface area contributed by atoms with Crippen molar-refractivity contribution >= 4 is 37.5 Å². The molecule has 150 valence electrons. The Kier molecular flexibility index (Phi) is 6.58. The number of carbonyl (C=O) groups excluding carboxylic acids is 1. The van der Waals surface area contributed by atoms with Crippen LogP contribution in [0.1, 0.15) is 48.2 Å². The van der Waals surface area contributed by atoms with Gasteiger partial charge in [0.15, 0.2) is 0 Å². The molecule has 0 saturated carbocycles. The molecule has 1 N–H and O–H groups in total. The van der Waals surface area contributed by atoms with Crippen molar-refractivity contribution in [2.24, 2.45) is 0 Å². The van der Waals surface area contributed by atoms with E-state index in [2.05, 4.69) is 21.2 Å². The maximum atomic E-state index is 13.0. The van der Waals surface area contributed by atoms with Crippen molar-refractivity contribution in [2.45, 2.75) is 44.4 Å². The van der Waals surface area contributed by atoms with Crippen molar-refractivity contribution in [1.29, 1.82) is 0 Å². The van der Waals surface area contributed by atoms with E-state index in [0.29, 0.717) is 23.1 Å². The van der Waals surface area contributed by atoms with Crippen molar-refractivity contribution in [2.75, 3.05) is 18.4 Å². The third kappa shape index (κ3) is 4.16. The number of hydrogen-bond acceptors (Lipinski definition) is 3. The minimum atomic E-state index is -3.58. The van der Waals surface area contributed by atoms with Gasteiger partial charge in [-0.3, -0.25) is 4.79 Å². The summed E-state index contributed by atoms with van der Waals surface area (Å²) in [6, 6.07) is 10.6. The lowest BCUT2D eigenvalue weighted by atomic mass is 10.0. The molecule has 3 rings (SSSR count). The van der Waals surface area contributed by atoms with E-state index >= 15 is 0 Å². The fourth-order valence-electron chi connectivity index (χ4n) is 3.50. The first-order valence-corrected chi connectivity index (χ1v) is 11.8. The fraction of sp³-hybridized carbons (Fsp3) is 0.381. The number of rotatable bonds is 6. The predicted octanol–water partition coefficient (Wildman–Crippen LogP) is 4.61. The van der Waals surface area contributed by atoms with Gasteiger partial charge in [-0.1, -0.05) is 32.0 Å². The van der Waals surface area contributed by atoms with Gasteiger partial charge in [0.2, 0.25) is 10.0 Å². The molecule has 0 radical (unpaired) electrons. The standard InChI is InChI=1S/C21H25BrN2O3S/c1-3-15-8-7-9-16(4-2)20(15)23-21(25)18-14-17(10-11-19(18)22)28(26,27)24-12-5-6-13-24/h7-11,14H,3-6,12-13H2,1-2H3,(H,23,25). The number of anilines is 1. The van der Waals surface area contributed by atoms with Gasteiger partial charge in [-0.25, -0.2) is 8.42 Å². The molecule has 28 heavy (non-hydrogen) atoms. The molecule has 1 aliphatic rings. The lowest BCUT2D eigenvalue weighted by Crippen LogP contribution is -2.28. The molecular weight excluding hydrogens is 440 g/mol. The number of nitrogens with one attached hydrogen (secondary N) is 1. The molecule has 1 aliphatic heterocycles. The molecular formula is C21H25BrN2O3S. The van der Waals surface area contributed by atoms with Crippen LogP contribution in [0, 0.1) is 0 Å². The van der Waals surface area contributed by atoms with E-state index in [9.17, 15) is 13.2 Å². The fourth-order valence-corrected chi connectivity index (χ4v) is 5.47. The third-order valence-electron chi connectivity index (χ3n) is 5.12. The van der Waals surface area contributed by atoms with Crippen LogP contribution in [0.5, 0.6) is 0 Å². The zero-order valence-electron chi connectivity index (χ0n) is 16.2. The molecule has 7 heteroatoms. The molecule has 1 heterocycles. The number of para-hydroxylation sites is 1. The Bertz CT molecular complexity index is 961. The van der Waals surface area contributed by atoms with Crippen LogP contribution in [0.15, 0.2) is 45.8 Å². The van der Waals surface area contributed by atoms with Crippen molar-refractivity contribution in [1.82, 2.24) is 4.31 Å². The maximum Gasteiger partial charge on any atom is 0.256 e. The molecule has 0 aromatic heterocycles. The summed E-state index contributed by atoms with van der Waals surface area (Å²) in [5.74, 6) is -0.319. The number of nitrogens with zero attached hydrogens (tertiary/aromatic N) is 1. The molecule has 1 saturated heterocycles. The van der Waals surface area contributed by atoms with Gasteiger partial charge >= 0.3 is 0 Å². The number of sulfonamides is 1. The molecule has 1 amide bonds. The van der Waals surface area contributed by atoms with E-state index in [4.69, 9.17) is 0 Å². The highest BCUT2D eigenvalue weighted by molar-refractivity contribution is 9.10. The second kappa shape index (κ2) is 8.76. The summed E-state index contributed by atoms with van der Waals surface area (Å²) in [5.41, 5.74) is 3.25. The van der Waals surface area contributed by atoms with Gasteiger partial charge in [-0.2, -0.15) is 4.31 Å². The van der Waals surface area contributed by atoms with Crippen LogP contribution in [0.3, 0.4) is 0 Å². The zero-order chi connectivity index (χ0) is 20.3. The summed E-state index contributed by atoms with van der Waals surface area (Å²) >= 11 is 3.40. The van der Waals surface area contributed by atoms with Crippen molar-refractivity contribution in [3.8, 4) is 0 Å². The molecule has 0 aliphatic carbocycles. The SMILES string of the molecule is CCc1cccc(CC)c1NC(=O)c1cc(S(=O)(=O)N2CCCC2)ccc1Br. The summed E-state index contributed by atoms with van der Waals surface area (Å²) in [6.45, 7) is 5.15. The van der Waals surface area contributed by atoms with Gasteiger partial charge in [0, 0.05) is 23.2 Å². The number of hydrogen-bond donors (Lipinski definition) is 1. The van der Waals surface area contributed by atoms with Crippen molar-refractivity contribution in [3.63, 3.8) is 0 Å². The number of benzene rings is 2. The number of halogens is 1. The van der Waals surface area contributed by atoms with E-state index < -0.39 is 10.0 Å². The minimum Gasteiger partial charge on any atom is -0.321 e. The summed E-state index contributed by atoms with van der Waals surface area (Å²) in [7, 11) is -3.58. The maximum absolute atomic E-state index is 13.0. The Morgan fingerprint density at radius 1 is 1.07 bits per heavy atom. The Morgan fingerprint density at radius 2 is 1.68 bits per heavy atom. The summed E-state index contributed by atoms with van der Waals surface area (Å²) < 4.78 is 27.8. The summed E-state index contributed by atoms with van der Waals surface area (Å²) in [5, 5.41) is 3.01. The molecule has 2 aromatic rings. The minimum absolute atomic E-state index is 0.155. The summed E-state index contributed by atoms with van der Waals surface area (Å²) in [6.07, 6.45) is 3.34. The zero-order valence-corrected chi connectivity index (χ0v) is 18.6. The van der Waals surface area contributed by atoms with Gasteiger partial charge in [-0.15, -0.1) is 0 Å². The van der Waals surface area contributed by atoms with Crippen LogP contribution in [0.25, 0.3) is 0 Å². The van der Waals surface area contributed by atoms with Crippen LogP contribution < -0.4 is 5.32 Å². The highest BCUT2D eigenvalue weighted by Gasteiger charge is 2.28. The predicted molar refractivity (Wildman–Crippen MR) is 115 cm³/mol. The van der Waals surface area contributed by atoms with Gasteiger partial charge in [-0.05, 0) is 70.9 Å². The average molecular weight is 465 g/mol. The quantitative estimate of drug-likeness (QED) is 0.678. The van der Waals surface area contributed by atoms with Crippen LogP contribution in [-0.4, -0.2) is 31.7 Å². The first kappa shape index (κ1) is 21.0. The van der Waals surface area contributed by atoms with Gasteiger partial charge < -0.3 is 5.32 Å². The Morgan fingerprint density at radius 3 is 2.25 bits per heavy atom. The molecule has 0 bridgehead atoms. The van der Waals surface area contributed by atoms with Crippen LogP contribution in [0.2, 0.25) is 0 Å². The third-order valence-corrected chi connectivity index (χ3v) is 7.71. The van der Waals surface area contributed by atoms with Crippen LogP contribution >= 0.6 is 15.9 Å². The van der Waals surface area contributed by atoms with Crippen molar-refractivity contribution in [3.05, 3.63) is 57.6 Å². The molecule has 5 nitrogen and oxygen atoms in total. The average Bonchev–Trinajstić information content (AvgIpc) is 3.24. The normalized spacial score (nSPS) is 15.0. The van der Waals surface area contributed by atoms with E-state index in [-0.39, 0.29) is 10.8 Å². The van der Waals surface area contributed by atoms with E-state index in [1.807, 2.05) is 32.0 Å². The van der Waals surface area contributed by atoms with Gasteiger partial charge in [0.05, 0.1) is 10.5 Å². The smallest absolute Gasteiger partial charge is 0.256 e. The van der Waals surface area contributed by atoms with Crippen LogP contribution in [-0.2, 0) is 22.9 Å². The Hall–Kier alpha value is -1.70.